The molecule has 0 aromatic carbocycles. The van der Waals surface area contributed by atoms with E-state index in [0.29, 0.717) is 13.0 Å². The molecule has 6 N–H and O–H groups in total. The standard InChI is InChI=1S/C19H38N6O2.CH4/c1-3-18(26)6-5-7-20-8-9-21-10-11-22-12-13-23-14-15-24-16-17-25-19(27)4-2;/h3-4,20-24H,1-2,5-17H2,(H,25,27);1H4. The van der Waals surface area contributed by atoms with Gasteiger partial charge in [0.1, 0.15) is 0 Å². The third-order valence-corrected chi connectivity index (χ3v) is 3.71. The largest absolute Gasteiger partial charge is 0.351 e. The maximum atomic E-state index is 11.0. The first-order chi connectivity index (χ1) is 13.2. The number of rotatable bonds is 21. The Morgan fingerprint density at radius 3 is 1.39 bits per heavy atom. The van der Waals surface area contributed by atoms with Crippen LogP contribution < -0.4 is 31.9 Å². The molecule has 8 heteroatoms. The first kappa shape index (κ1) is 28.6. The summed E-state index contributed by atoms with van der Waals surface area (Å²) >= 11 is 0. The van der Waals surface area contributed by atoms with Crippen LogP contribution in [0.5, 0.6) is 0 Å². The molecule has 0 aromatic rings. The van der Waals surface area contributed by atoms with Crippen LogP contribution >= 0.6 is 0 Å². The van der Waals surface area contributed by atoms with Gasteiger partial charge in [0.05, 0.1) is 0 Å². The summed E-state index contributed by atoms with van der Waals surface area (Å²) in [6.45, 7) is 16.5. The second-order valence-electron chi connectivity index (χ2n) is 6.02. The topological polar surface area (TPSA) is 106 Å². The van der Waals surface area contributed by atoms with Crippen molar-refractivity contribution in [3.8, 4) is 0 Å². The first-order valence-corrected chi connectivity index (χ1v) is 9.79. The van der Waals surface area contributed by atoms with Gasteiger partial charge in [-0.2, -0.15) is 0 Å². The van der Waals surface area contributed by atoms with Gasteiger partial charge in [-0.25, -0.2) is 0 Å². The predicted octanol–water partition coefficient (Wildman–Crippen LogP) is -0.592. The number of hydrogen-bond acceptors (Lipinski definition) is 7. The zero-order valence-corrected chi connectivity index (χ0v) is 16.6. The Hall–Kier alpha value is -1.58. The van der Waals surface area contributed by atoms with Crippen LogP contribution in [0.3, 0.4) is 0 Å². The van der Waals surface area contributed by atoms with Gasteiger partial charge in [-0.3, -0.25) is 9.59 Å². The quantitative estimate of drug-likeness (QED) is 0.113. The fraction of sp³-hybridized carbons (Fsp3) is 0.700. The molecular formula is C20H42N6O2. The highest BCUT2D eigenvalue weighted by Crippen LogP contribution is 1.89. The molecule has 28 heavy (non-hydrogen) atoms. The predicted molar refractivity (Wildman–Crippen MR) is 119 cm³/mol. The van der Waals surface area contributed by atoms with Crippen molar-refractivity contribution in [2.24, 2.45) is 0 Å². The number of allylic oxidation sites excluding steroid dienone is 1. The van der Waals surface area contributed by atoms with Gasteiger partial charge in [-0.15, -0.1) is 0 Å². The number of carbonyl (C=O) groups is 2. The van der Waals surface area contributed by atoms with Crippen LogP contribution in [0.25, 0.3) is 0 Å². The summed E-state index contributed by atoms with van der Waals surface area (Å²) in [7, 11) is 0. The number of ketones is 1. The van der Waals surface area contributed by atoms with E-state index in [2.05, 4.69) is 45.1 Å². The van der Waals surface area contributed by atoms with E-state index < -0.39 is 0 Å². The molecule has 0 unspecified atom stereocenters. The van der Waals surface area contributed by atoms with E-state index in [9.17, 15) is 9.59 Å². The van der Waals surface area contributed by atoms with Crippen LogP contribution in [0.15, 0.2) is 25.3 Å². The average molecular weight is 399 g/mol. The van der Waals surface area contributed by atoms with Gasteiger partial charge in [0, 0.05) is 71.9 Å². The number of amides is 1. The van der Waals surface area contributed by atoms with Crippen LogP contribution in [0.4, 0.5) is 0 Å². The lowest BCUT2D eigenvalue weighted by atomic mass is 10.2. The third-order valence-electron chi connectivity index (χ3n) is 3.71. The van der Waals surface area contributed by atoms with E-state index in [4.69, 9.17) is 0 Å². The molecule has 0 fully saturated rings. The van der Waals surface area contributed by atoms with Gasteiger partial charge in [-0.1, -0.05) is 20.6 Å². The van der Waals surface area contributed by atoms with Crippen molar-refractivity contribution in [3.05, 3.63) is 25.3 Å². The second-order valence-corrected chi connectivity index (χ2v) is 6.02. The summed E-state index contributed by atoms with van der Waals surface area (Å²) in [5.41, 5.74) is 0. The second kappa shape index (κ2) is 23.5. The normalized spacial score (nSPS) is 10.1. The van der Waals surface area contributed by atoms with Crippen molar-refractivity contribution in [3.63, 3.8) is 0 Å². The van der Waals surface area contributed by atoms with Crippen molar-refractivity contribution in [2.75, 3.05) is 72.0 Å². The maximum Gasteiger partial charge on any atom is 0.243 e. The van der Waals surface area contributed by atoms with Gasteiger partial charge in [0.25, 0.3) is 0 Å². The van der Waals surface area contributed by atoms with Crippen LogP contribution in [0.2, 0.25) is 0 Å². The minimum Gasteiger partial charge on any atom is -0.351 e. The van der Waals surface area contributed by atoms with Gasteiger partial charge < -0.3 is 31.9 Å². The molecule has 0 rings (SSSR count). The highest BCUT2D eigenvalue weighted by atomic mass is 16.1. The lowest BCUT2D eigenvalue weighted by molar-refractivity contribution is -0.116. The molecule has 8 nitrogen and oxygen atoms in total. The molecule has 0 atom stereocenters. The summed E-state index contributed by atoms with van der Waals surface area (Å²) in [6, 6.07) is 0. The maximum absolute atomic E-state index is 11.0. The SMILES string of the molecule is C.C=CC(=O)CCCNCCNCCNCCNCCNCCNC(=O)C=C. The molecule has 0 saturated heterocycles. The Morgan fingerprint density at radius 1 is 0.607 bits per heavy atom. The molecular weight excluding hydrogens is 356 g/mol. The molecule has 0 saturated carbocycles. The Balaban J connectivity index is 0. The van der Waals surface area contributed by atoms with Gasteiger partial charge in [0.2, 0.25) is 5.91 Å². The summed E-state index contributed by atoms with van der Waals surface area (Å²) in [6.07, 6.45) is 4.10. The molecule has 0 radical (unpaired) electrons. The Morgan fingerprint density at radius 2 is 1.00 bits per heavy atom. The molecule has 1 amide bonds. The molecule has 164 valence electrons. The minimum absolute atomic E-state index is 0. The summed E-state index contributed by atoms with van der Waals surface area (Å²) in [4.78, 5) is 21.9. The third kappa shape index (κ3) is 22.5. The van der Waals surface area contributed by atoms with Crippen LogP contribution in [-0.2, 0) is 9.59 Å². The summed E-state index contributed by atoms with van der Waals surface area (Å²) < 4.78 is 0. The van der Waals surface area contributed by atoms with Crippen molar-refractivity contribution in [1.29, 1.82) is 0 Å². The first-order valence-electron chi connectivity index (χ1n) is 9.79. The molecule has 0 aliphatic heterocycles. The van der Waals surface area contributed by atoms with E-state index in [-0.39, 0.29) is 19.1 Å². The van der Waals surface area contributed by atoms with Gasteiger partial charge in [0.15, 0.2) is 5.78 Å². The molecule has 0 aromatic heterocycles. The van der Waals surface area contributed by atoms with Crippen molar-refractivity contribution < 1.29 is 9.59 Å². The van der Waals surface area contributed by atoms with E-state index in [1.54, 1.807) is 0 Å². The van der Waals surface area contributed by atoms with E-state index in [0.717, 1.165) is 71.9 Å². The van der Waals surface area contributed by atoms with E-state index >= 15 is 0 Å². The van der Waals surface area contributed by atoms with Gasteiger partial charge in [-0.05, 0) is 25.1 Å². The lowest BCUT2D eigenvalue weighted by Crippen LogP contribution is -2.37. The smallest absolute Gasteiger partial charge is 0.243 e. The number of carbonyl (C=O) groups excluding carboxylic acids is 2. The lowest BCUT2D eigenvalue weighted by Gasteiger charge is -2.09. The summed E-state index contributed by atoms with van der Waals surface area (Å²) in [5, 5.41) is 19.4. The van der Waals surface area contributed by atoms with E-state index in [1.165, 1.54) is 12.2 Å². The Kier molecular flexibility index (Phi) is 24.0. The molecule has 0 bridgehead atoms. The summed E-state index contributed by atoms with van der Waals surface area (Å²) in [5.74, 6) is -0.0234. The molecule has 0 spiro atoms. The zero-order chi connectivity index (χ0) is 20.0. The van der Waals surface area contributed by atoms with Crippen LogP contribution in [0, 0.1) is 0 Å². The van der Waals surface area contributed by atoms with Crippen molar-refractivity contribution in [2.45, 2.75) is 20.3 Å². The highest BCUT2D eigenvalue weighted by Gasteiger charge is 1.95. The Bertz CT molecular complexity index is 368. The molecule has 0 aliphatic rings. The number of hydrogen-bond donors (Lipinski definition) is 6. The highest BCUT2D eigenvalue weighted by molar-refractivity contribution is 5.88. The van der Waals surface area contributed by atoms with Crippen LogP contribution in [-0.4, -0.2) is 83.7 Å². The average Bonchev–Trinajstić information content (AvgIpc) is 2.69. The van der Waals surface area contributed by atoms with Crippen molar-refractivity contribution >= 4 is 11.7 Å². The van der Waals surface area contributed by atoms with Crippen molar-refractivity contribution in [1.82, 2.24) is 31.9 Å². The Labute approximate surface area is 171 Å². The number of nitrogens with one attached hydrogen (secondary N) is 6. The fourth-order valence-corrected chi connectivity index (χ4v) is 2.17. The van der Waals surface area contributed by atoms with E-state index in [1.807, 2.05) is 0 Å². The van der Waals surface area contributed by atoms with Gasteiger partial charge >= 0.3 is 0 Å². The monoisotopic (exact) mass is 398 g/mol. The van der Waals surface area contributed by atoms with Crippen LogP contribution in [0.1, 0.15) is 20.3 Å². The molecule has 0 aliphatic carbocycles. The zero-order valence-electron chi connectivity index (χ0n) is 16.6. The molecule has 0 heterocycles. The fourth-order valence-electron chi connectivity index (χ4n) is 2.17. The minimum atomic E-state index is -0.135.